The Morgan fingerprint density at radius 1 is 0.842 bits per heavy atom. The van der Waals surface area contributed by atoms with Crippen molar-refractivity contribution < 1.29 is 0 Å². The molecular formula is C19H28. The molecule has 0 spiro atoms. The average molecular weight is 256 g/mol. The van der Waals surface area contributed by atoms with Gasteiger partial charge in [-0.1, -0.05) is 82.2 Å². The molecule has 0 amide bonds. The quantitative estimate of drug-likeness (QED) is 0.336. The Hall–Kier alpha value is -1.26. The van der Waals surface area contributed by atoms with Gasteiger partial charge in [0.2, 0.25) is 0 Å². The zero-order valence-electron chi connectivity index (χ0n) is 12.4. The summed E-state index contributed by atoms with van der Waals surface area (Å²) in [4.78, 5) is 0. The van der Waals surface area contributed by atoms with Crippen LogP contribution in [-0.4, -0.2) is 0 Å². The van der Waals surface area contributed by atoms with Crippen LogP contribution in [-0.2, 0) is 0 Å². The maximum atomic E-state index is 3.27. The van der Waals surface area contributed by atoms with Crippen molar-refractivity contribution in [3.63, 3.8) is 0 Å². The van der Waals surface area contributed by atoms with Crippen LogP contribution in [0.5, 0.6) is 0 Å². The second-order valence-corrected chi connectivity index (χ2v) is 5.19. The zero-order chi connectivity index (χ0) is 13.6. The third-order valence-corrected chi connectivity index (χ3v) is 3.37. The van der Waals surface area contributed by atoms with Crippen LogP contribution in [0.1, 0.15) is 70.3 Å². The summed E-state index contributed by atoms with van der Waals surface area (Å²) in [7, 11) is 0. The Labute approximate surface area is 119 Å². The average Bonchev–Trinajstić information content (AvgIpc) is 2.46. The van der Waals surface area contributed by atoms with E-state index in [2.05, 4.69) is 49.1 Å². The molecule has 0 N–H and O–H groups in total. The predicted octanol–water partition coefficient (Wildman–Crippen LogP) is 6.39. The van der Waals surface area contributed by atoms with E-state index in [4.69, 9.17) is 0 Å². The molecule has 0 aliphatic carbocycles. The second-order valence-electron chi connectivity index (χ2n) is 5.19. The van der Waals surface area contributed by atoms with Gasteiger partial charge in [-0.25, -0.2) is 0 Å². The summed E-state index contributed by atoms with van der Waals surface area (Å²) in [5.74, 6) is 0. The third kappa shape index (κ3) is 9.33. The fourth-order valence-electron chi connectivity index (χ4n) is 2.17. The molecule has 0 aliphatic heterocycles. The van der Waals surface area contributed by atoms with Gasteiger partial charge in [0.1, 0.15) is 0 Å². The van der Waals surface area contributed by atoms with Gasteiger partial charge >= 0.3 is 0 Å². The summed E-state index contributed by atoms with van der Waals surface area (Å²) < 4.78 is 0. The van der Waals surface area contributed by atoms with Crippen molar-refractivity contribution in [3.05, 3.63) is 47.7 Å². The standard InChI is InChI=1S/C19H28/c1-2-3-4-5-6-7-8-9-10-11-13-16-19-17-14-12-15-18-19/h11-12,14-18H,2-10H2,1H3. The van der Waals surface area contributed by atoms with E-state index in [0.29, 0.717) is 0 Å². The summed E-state index contributed by atoms with van der Waals surface area (Å²) in [6.45, 7) is 2.27. The second kappa shape index (κ2) is 11.8. The molecule has 104 valence electrons. The third-order valence-electron chi connectivity index (χ3n) is 3.37. The molecule has 0 atom stereocenters. The molecule has 1 rings (SSSR count). The Morgan fingerprint density at radius 2 is 1.47 bits per heavy atom. The van der Waals surface area contributed by atoms with Crippen molar-refractivity contribution >= 4 is 6.08 Å². The topological polar surface area (TPSA) is 0 Å². The van der Waals surface area contributed by atoms with Crippen LogP contribution < -0.4 is 0 Å². The minimum atomic E-state index is 1.16. The molecule has 0 saturated heterocycles. The summed E-state index contributed by atoms with van der Waals surface area (Å²) in [6.07, 6.45) is 16.5. The lowest BCUT2D eigenvalue weighted by Crippen LogP contribution is -1.79. The first-order valence-corrected chi connectivity index (χ1v) is 7.89. The largest absolute Gasteiger partial charge is 0.125 e. The van der Waals surface area contributed by atoms with Crippen LogP contribution in [0.4, 0.5) is 0 Å². The maximum Gasteiger partial charge on any atom is -0.0131 e. The van der Waals surface area contributed by atoms with Gasteiger partial charge in [-0.15, -0.1) is 5.73 Å². The SMILES string of the molecule is CCCCCCCCCCC=C=Cc1ccccc1. The van der Waals surface area contributed by atoms with Crippen LogP contribution in [0, 0.1) is 0 Å². The molecule has 0 radical (unpaired) electrons. The molecule has 0 heteroatoms. The Kier molecular flexibility index (Phi) is 9.82. The molecule has 19 heavy (non-hydrogen) atoms. The van der Waals surface area contributed by atoms with E-state index in [0.717, 1.165) is 6.42 Å². The Bertz CT molecular complexity index is 355. The lowest BCUT2D eigenvalue weighted by atomic mass is 10.1. The molecule has 0 aliphatic rings. The Morgan fingerprint density at radius 3 is 2.16 bits per heavy atom. The summed E-state index contributed by atoms with van der Waals surface area (Å²) in [5, 5.41) is 0. The van der Waals surface area contributed by atoms with E-state index in [9.17, 15) is 0 Å². The van der Waals surface area contributed by atoms with Gasteiger partial charge < -0.3 is 0 Å². The molecule has 0 nitrogen and oxygen atoms in total. The highest BCUT2D eigenvalue weighted by molar-refractivity contribution is 5.47. The van der Waals surface area contributed by atoms with E-state index in [1.54, 1.807) is 0 Å². The van der Waals surface area contributed by atoms with Crippen LogP contribution in [0.3, 0.4) is 0 Å². The first-order chi connectivity index (χ1) is 9.43. The molecule has 0 aromatic heterocycles. The zero-order valence-corrected chi connectivity index (χ0v) is 12.4. The van der Waals surface area contributed by atoms with Crippen LogP contribution in [0.2, 0.25) is 0 Å². The van der Waals surface area contributed by atoms with Gasteiger partial charge in [0, 0.05) is 0 Å². The maximum absolute atomic E-state index is 3.27. The van der Waals surface area contributed by atoms with E-state index in [1.165, 1.54) is 56.9 Å². The number of unbranched alkanes of at least 4 members (excludes halogenated alkanes) is 8. The first-order valence-electron chi connectivity index (χ1n) is 7.89. The van der Waals surface area contributed by atoms with Gasteiger partial charge in [-0.3, -0.25) is 0 Å². The van der Waals surface area contributed by atoms with Crippen LogP contribution >= 0.6 is 0 Å². The van der Waals surface area contributed by atoms with E-state index in [1.807, 2.05) is 6.07 Å². The lowest BCUT2D eigenvalue weighted by molar-refractivity contribution is 0.578. The summed E-state index contributed by atoms with van der Waals surface area (Å²) in [6, 6.07) is 10.4. The van der Waals surface area contributed by atoms with Crippen molar-refractivity contribution in [1.29, 1.82) is 0 Å². The highest BCUT2D eigenvalue weighted by Gasteiger charge is 1.90. The fourth-order valence-corrected chi connectivity index (χ4v) is 2.17. The highest BCUT2D eigenvalue weighted by Crippen LogP contribution is 2.09. The van der Waals surface area contributed by atoms with Gasteiger partial charge in [0.15, 0.2) is 0 Å². The first kappa shape index (κ1) is 15.8. The molecule has 0 saturated carbocycles. The molecule has 0 fully saturated rings. The lowest BCUT2D eigenvalue weighted by Gasteiger charge is -1.99. The Balaban J connectivity index is 1.97. The van der Waals surface area contributed by atoms with Gasteiger partial charge in [0.25, 0.3) is 0 Å². The summed E-state index contributed by atoms with van der Waals surface area (Å²) >= 11 is 0. The van der Waals surface area contributed by atoms with Crippen LogP contribution in [0.15, 0.2) is 42.1 Å². The monoisotopic (exact) mass is 256 g/mol. The number of allylic oxidation sites excluding steroid dienone is 1. The van der Waals surface area contributed by atoms with Gasteiger partial charge in [0.05, 0.1) is 0 Å². The highest BCUT2D eigenvalue weighted by atomic mass is 14.0. The summed E-state index contributed by atoms with van der Waals surface area (Å²) in [5.41, 5.74) is 4.50. The van der Waals surface area contributed by atoms with E-state index in [-0.39, 0.29) is 0 Å². The molecular weight excluding hydrogens is 228 g/mol. The molecule has 0 heterocycles. The minimum Gasteiger partial charge on any atom is -0.125 e. The van der Waals surface area contributed by atoms with Gasteiger partial charge in [-0.05, 0) is 30.6 Å². The molecule has 1 aromatic rings. The number of rotatable bonds is 10. The van der Waals surface area contributed by atoms with E-state index >= 15 is 0 Å². The van der Waals surface area contributed by atoms with Crippen molar-refractivity contribution in [2.75, 3.05) is 0 Å². The van der Waals surface area contributed by atoms with Crippen molar-refractivity contribution in [3.8, 4) is 0 Å². The smallest absolute Gasteiger partial charge is 0.0131 e. The van der Waals surface area contributed by atoms with E-state index < -0.39 is 0 Å². The van der Waals surface area contributed by atoms with Crippen molar-refractivity contribution in [1.82, 2.24) is 0 Å². The fraction of sp³-hybridized carbons (Fsp3) is 0.526. The number of hydrogen-bond donors (Lipinski definition) is 0. The number of benzene rings is 1. The number of hydrogen-bond acceptors (Lipinski definition) is 0. The van der Waals surface area contributed by atoms with Crippen molar-refractivity contribution in [2.45, 2.75) is 64.7 Å². The van der Waals surface area contributed by atoms with Crippen LogP contribution in [0.25, 0.3) is 6.08 Å². The molecule has 0 bridgehead atoms. The van der Waals surface area contributed by atoms with Crippen molar-refractivity contribution in [2.24, 2.45) is 0 Å². The normalized spacial score (nSPS) is 9.95. The molecule has 0 unspecified atom stereocenters. The van der Waals surface area contributed by atoms with Gasteiger partial charge in [-0.2, -0.15) is 0 Å². The minimum absolute atomic E-state index is 1.16. The predicted molar refractivity (Wildman–Crippen MR) is 86.2 cm³/mol. The molecule has 1 aromatic carbocycles.